The molecular formula is C32H50O4. The first-order valence-corrected chi connectivity index (χ1v) is 15.1. The van der Waals surface area contributed by atoms with Crippen LogP contribution in [0.3, 0.4) is 0 Å². The first-order valence-electron chi connectivity index (χ1n) is 15.1. The molecule has 0 amide bonds. The van der Waals surface area contributed by atoms with Crippen molar-refractivity contribution in [1.82, 2.24) is 0 Å². The van der Waals surface area contributed by atoms with Gasteiger partial charge in [-0.1, -0.05) is 71.3 Å². The Morgan fingerprint density at radius 1 is 1.03 bits per heavy atom. The minimum Gasteiger partial charge on any atom is -0.508 e. The number of aliphatic hydroxyl groups is 1. The molecule has 1 aromatic carbocycles. The lowest BCUT2D eigenvalue weighted by Crippen LogP contribution is -2.47. The van der Waals surface area contributed by atoms with Crippen LogP contribution in [0.25, 0.3) is 0 Å². The van der Waals surface area contributed by atoms with E-state index in [2.05, 4.69) is 19.9 Å². The molecule has 0 radical (unpaired) electrons. The predicted molar refractivity (Wildman–Crippen MR) is 145 cm³/mol. The Hall–Kier alpha value is -1.55. The summed E-state index contributed by atoms with van der Waals surface area (Å²) in [7, 11) is 0. The standard InChI is InChI=1S/C32H50O4/c1-3-11-22(31(35)36)12-9-7-5-4-6-8-10-13-24-21-32(2)28(18-19-29(32)34)27-16-14-23-20-25(33)15-17-26(23)30(24)27/h15,17,20,22,24,27-30,33-34H,3-14,16,18-19,21H2,1-2H3,(H,35,36)/t22?,24-,27?,28?,29?,30?,32-/m0/s1. The maximum absolute atomic E-state index is 11.3. The second-order valence-corrected chi connectivity index (χ2v) is 12.7. The highest BCUT2D eigenvalue weighted by Gasteiger charge is 2.57. The van der Waals surface area contributed by atoms with Crippen LogP contribution in [0.15, 0.2) is 18.2 Å². The zero-order chi connectivity index (χ0) is 25.7. The first-order chi connectivity index (χ1) is 17.3. The van der Waals surface area contributed by atoms with Gasteiger partial charge in [0.15, 0.2) is 0 Å². The lowest BCUT2D eigenvalue weighted by molar-refractivity contribution is -0.142. The topological polar surface area (TPSA) is 77.8 Å². The van der Waals surface area contributed by atoms with Gasteiger partial charge >= 0.3 is 5.97 Å². The molecule has 202 valence electrons. The highest BCUT2D eigenvalue weighted by Crippen LogP contribution is 2.63. The number of carboxylic acid groups (broad SMARTS) is 1. The van der Waals surface area contributed by atoms with Gasteiger partial charge in [-0.25, -0.2) is 0 Å². The number of aromatic hydroxyl groups is 1. The molecule has 0 aliphatic heterocycles. The summed E-state index contributed by atoms with van der Waals surface area (Å²) in [4.78, 5) is 11.3. The molecule has 0 aromatic heterocycles. The van der Waals surface area contributed by atoms with E-state index in [0.717, 1.165) is 51.4 Å². The van der Waals surface area contributed by atoms with Crippen LogP contribution in [0.4, 0.5) is 0 Å². The molecule has 0 bridgehead atoms. The van der Waals surface area contributed by atoms with Crippen molar-refractivity contribution in [3.8, 4) is 5.75 Å². The molecule has 3 N–H and O–H groups in total. The average Bonchev–Trinajstić information content (AvgIpc) is 3.15. The number of carbonyl (C=O) groups is 1. The summed E-state index contributed by atoms with van der Waals surface area (Å²) in [5.41, 5.74) is 2.92. The summed E-state index contributed by atoms with van der Waals surface area (Å²) in [6, 6.07) is 6.09. The lowest BCUT2D eigenvalue weighted by atomic mass is 9.51. The molecule has 4 nitrogen and oxygen atoms in total. The molecule has 3 aliphatic rings. The van der Waals surface area contributed by atoms with Crippen LogP contribution in [-0.4, -0.2) is 27.4 Å². The first kappa shape index (κ1) is 27.5. The number of hydrogen-bond acceptors (Lipinski definition) is 3. The molecule has 1 aromatic rings. The van der Waals surface area contributed by atoms with E-state index >= 15 is 0 Å². The highest BCUT2D eigenvalue weighted by atomic mass is 16.4. The van der Waals surface area contributed by atoms with Crippen LogP contribution in [0.1, 0.15) is 127 Å². The van der Waals surface area contributed by atoms with Gasteiger partial charge in [0.2, 0.25) is 0 Å². The van der Waals surface area contributed by atoms with Crippen molar-refractivity contribution >= 4 is 5.97 Å². The molecule has 36 heavy (non-hydrogen) atoms. The van der Waals surface area contributed by atoms with Gasteiger partial charge in [0.1, 0.15) is 5.75 Å². The largest absolute Gasteiger partial charge is 0.508 e. The van der Waals surface area contributed by atoms with Gasteiger partial charge in [0.05, 0.1) is 12.0 Å². The van der Waals surface area contributed by atoms with Gasteiger partial charge in [-0.3, -0.25) is 4.79 Å². The number of benzene rings is 1. The fraction of sp³-hybridized carbons (Fsp3) is 0.781. The third-order valence-corrected chi connectivity index (χ3v) is 10.4. The molecule has 2 saturated carbocycles. The number of carboxylic acids is 1. The molecule has 5 unspecified atom stereocenters. The Morgan fingerprint density at radius 3 is 2.47 bits per heavy atom. The normalized spacial score (nSPS) is 31.9. The van der Waals surface area contributed by atoms with E-state index in [0.29, 0.717) is 29.4 Å². The molecule has 0 spiro atoms. The Labute approximate surface area is 218 Å². The summed E-state index contributed by atoms with van der Waals surface area (Å²) in [5, 5.41) is 30.3. The van der Waals surface area contributed by atoms with Crippen molar-refractivity contribution in [1.29, 1.82) is 0 Å². The van der Waals surface area contributed by atoms with Crippen molar-refractivity contribution in [2.75, 3.05) is 0 Å². The van der Waals surface area contributed by atoms with Crippen LogP contribution in [-0.2, 0) is 11.2 Å². The summed E-state index contributed by atoms with van der Waals surface area (Å²) in [6.45, 7) is 4.44. The van der Waals surface area contributed by atoms with Gasteiger partial charge in [0.25, 0.3) is 0 Å². The Kier molecular flexibility index (Phi) is 9.41. The molecule has 4 rings (SSSR count). The maximum Gasteiger partial charge on any atom is 0.306 e. The van der Waals surface area contributed by atoms with Crippen LogP contribution < -0.4 is 0 Å². The number of phenols is 1. The smallest absolute Gasteiger partial charge is 0.306 e. The zero-order valence-corrected chi connectivity index (χ0v) is 22.8. The number of aryl methyl sites for hydroxylation is 1. The summed E-state index contributed by atoms with van der Waals surface area (Å²) in [5.74, 6) is 2.14. The zero-order valence-electron chi connectivity index (χ0n) is 22.8. The number of rotatable bonds is 13. The van der Waals surface area contributed by atoms with Gasteiger partial charge in [0, 0.05) is 0 Å². The second kappa shape index (κ2) is 12.3. The van der Waals surface area contributed by atoms with E-state index in [4.69, 9.17) is 0 Å². The molecule has 7 atom stereocenters. The summed E-state index contributed by atoms with van der Waals surface area (Å²) in [6.07, 6.45) is 17.7. The predicted octanol–water partition coefficient (Wildman–Crippen LogP) is 7.85. The van der Waals surface area contributed by atoms with Crippen LogP contribution >= 0.6 is 0 Å². The van der Waals surface area contributed by atoms with Crippen molar-refractivity contribution < 1.29 is 20.1 Å². The van der Waals surface area contributed by atoms with Crippen molar-refractivity contribution in [3.05, 3.63) is 29.3 Å². The fourth-order valence-electron chi connectivity index (χ4n) is 8.55. The van der Waals surface area contributed by atoms with Crippen LogP contribution in [0.2, 0.25) is 0 Å². The van der Waals surface area contributed by atoms with E-state index in [1.165, 1.54) is 62.5 Å². The van der Waals surface area contributed by atoms with E-state index < -0.39 is 5.97 Å². The number of hydrogen-bond donors (Lipinski definition) is 3. The van der Waals surface area contributed by atoms with E-state index in [1.807, 2.05) is 12.1 Å². The van der Waals surface area contributed by atoms with Crippen LogP contribution in [0, 0.1) is 29.1 Å². The minimum absolute atomic E-state index is 0.0752. The van der Waals surface area contributed by atoms with E-state index in [-0.39, 0.29) is 17.4 Å². The Bertz CT molecular complexity index is 866. The SMILES string of the molecule is CCCC(CCCCCCCCC[C@H]1C[C@]2(C)C(O)CCC2C2CCc3cc(O)ccc3C21)C(=O)O. The Balaban J connectivity index is 1.26. The molecular weight excluding hydrogens is 448 g/mol. The van der Waals surface area contributed by atoms with Crippen molar-refractivity contribution in [2.45, 2.75) is 129 Å². The molecule has 3 aliphatic carbocycles. The summed E-state index contributed by atoms with van der Waals surface area (Å²) < 4.78 is 0. The molecule has 0 saturated heterocycles. The fourth-order valence-corrected chi connectivity index (χ4v) is 8.55. The Morgan fingerprint density at radius 2 is 1.75 bits per heavy atom. The van der Waals surface area contributed by atoms with Crippen LogP contribution in [0.5, 0.6) is 5.75 Å². The van der Waals surface area contributed by atoms with Crippen molar-refractivity contribution in [2.24, 2.45) is 29.1 Å². The monoisotopic (exact) mass is 498 g/mol. The maximum atomic E-state index is 11.3. The van der Waals surface area contributed by atoms with E-state index in [1.54, 1.807) is 0 Å². The number of aliphatic hydroxyl groups excluding tert-OH is 1. The van der Waals surface area contributed by atoms with Gasteiger partial charge in [-0.15, -0.1) is 0 Å². The highest BCUT2D eigenvalue weighted by molar-refractivity contribution is 5.69. The number of fused-ring (bicyclic) bond motifs is 5. The quantitative estimate of drug-likeness (QED) is 0.242. The number of phenolic OH excluding ortho intramolecular Hbond substituents is 1. The lowest BCUT2D eigenvalue weighted by Gasteiger charge is -2.54. The second-order valence-electron chi connectivity index (χ2n) is 12.7. The number of aliphatic carboxylic acids is 1. The third kappa shape index (κ3) is 5.95. The van der Waals surface area contributed by atoms with E-state index in [9.17, 15) is 20.1 Å². The summed E-state index contributed by atoms with van der Waals surface area (Å²) >= 11 is 0. The van der Waals surface area contributed by atoms with Gasteiger partial charge in [-0.2, -0.15) is 0 Å². The van der Waals surface area contributed by atoms with Gasteiger partial charge in [-0.05, 0) is 104 Å². The average molecular weight is 499 g/mol. The molecule has 2 fully saturated rings. The third-order valence-electron chi connectivity index (χ3n) is 10.4. The molecule has 4 heteroatoms. The molecule has 0 heterocycles. The minimum atomic E-state index is -0.621. The van der Waals surface area contributed by atoms with Gasteiger partial charge < -0.3 is 15.3 Å². The van der Waals surface area contributed by atoms with Crippen molar-refractivity contribution in [3.63, 3.8) is 0 Å². The number of unbranched alkanes of at least 4 members (excludes halogenated alkanes) is 6.